The standard InChI is InChI=1S/C12H14N2O/c1-9-12(10-6-4-3-5-7-10)11(8-13)15-14(9)2/h3-7,9,11-12H,1-2H3/t9-,11+,12+/m0/s1. The van der Waals surface area contributed by atoms with Gasteiger partial charge in [-0.25, -0.2) is 0 Å². The Kier molecular flexibility index (Phi) is 2.72. The zero-order valence-electron chi connectivity index (χ0n) is 8.92. The molecule has 0 radical (unpaired) electrons. The monoisotopic (exact) mass is 202 g/mol. The number of hydroxylamine groups is 2. The van der Waals surface area contributed by atoms with Gasteiger partial charge >= 0.3 is 0 Å². The molecule has 1 aliphatic rings. The van der Waals surface area contributed by atoms with Crippen LogP contribution in [0.5, 0.6) is 0 Å². The molecule has 0 aromatic heterocycles. The Morgan fingerprint density at radius 2 is 2.00 bits per heavy atom. The lowest BCUT2D eigenvalue weighted by Gasteiger charge is -2.17. The molecule has 0 saturated carbocycles. The molecule has 0 spiro atoms. The zero-order chi connectivity index (χ0) is 10.8. The van der Waals surface area contributed by atoms with Crippen LogP contribution in [0.3, 0.4) is 0 Å². The third kappa shape index (κ3) is 1.74. The Hall–Kier alpha value is -1.37. The molecule has 3 atom stereocenters. The molecule has 0 N–H and O–H groups in total. The highest BCUT2D eigenvalue weighted by Gasteiger charge is 2.39. The van der Waals surface area contributed by atoms with Crippen LogP contribution in [0.1, 0.15) is 18.4 Å². The van der Waals surface area contributed by atoms with Crippen LogP contribution >= 0.6 is 0 Å². The number of hydrogen-bond acceptors (Lipinski definition) is 3. The van der Waals surface area contributed by atoms with Crippen molar-refractivity contribution < 1.29 is 4.84 Å². The molecule has 78 valence electrons. The van der Waals surface area contributed by atoms with Crippen LogP contribution < -0.4 is 0 Å². The van der Waals surface area contributed by atoms with Crippen molar-refractivity contribution in [2.45, 2.75) is 25.0 Å². The van der Waals surface area contributed by atoms with Crippen molar-refractivity contribution in [3.05, 3.63) is 35.9 Å². The van der Waals surface area contributed by atoms with Crippen molar-refractivity contribution >= 4 is 0 Å². The van der Waals surface area contributed by atoms with Gasteiger partial charge in [-0.15, -0.1) is 0 Å². The van der Waals surface area contributed by atoms with Gasteiger partial charge in [0, 0.05) is 19.0 Å². The Balaban J connectivity index is 2.32. The summed E-state index contributed by atoms with van der Waals surface area (Å²) < 4.78 is 0. The zero-order valence-corrected chi connectivity index (χ0v) is 8.92. The maximum Gasteiger partial charge on any atom is 0.173 e. The molecule has 0 amide bonds. The first-order valence-electron chi connectivity index (χ1n) is 5.08. The SMILES string of the molecule is C[C@H]1[C@H](c2ccccc2)[C@@H](C#N)ON1C. The van der Waals surface area contributed by atoms with Crippen LogP contribution in [0.25, 0.3) is 0 Å². The van der Waals surface area contributed by atoms with Crippen molar-refractivity contribution in [3.8, 4) is 6.07 Å². The molecule has 1 saturated heterocycles. The lowest BCUT2D eigenvalue weighted by atomic mass is 9.89. The fraction of sp³-hybridized carbons (Fsp3) is 0.417. The van der Waals surface area contributed by atoms with Crippen molar-refractivity contribution in [2.75, 3.05) is 7.05 Å². The summed E-state index contributed by atoms with van der Waals surface area (Å²) in [6.07, 6.45) is -0.368. The van der Waals surface area contributed by atoms with Gasteiger partial charge < -0.3 is 0 Å². The molecule has 3 nitrogen and oxygen atoms in total. The van der Waals surface area contributed by atoms with E-state index in [4.69, 9.17) is 10.1 Å². The van der Waals surface area contributed by atoms with Gasteiger partial charge in [0.15, 0.2) is 6.10 Å². The fourth-order valence-corrected chi connectivity index (χ4v) is 2.05. The molecule has 0 aliphatic carbocycles. The van der Waals surface area contributed by atoms with E-state index < -0.39 is 0 Å². The van der Waals surface area contributed by atoms with Crippen LogP contribution in [-0.2, 0) is 4.84 Å². The first-order valence-corrected chi connectivity index (χ1v) is 5.08. The first-order chi connectivity index (χ1) is 7.24. The van der Waals surface area contributed by atoms with E-state index in [0.29, 0.717) is 0 Å². The number of hydrogen-bond donors (Lipinski definition) is 0. The smallest absolute Gasteiger partial charge is 0.173 e. The fourth-order valence-electron chi connectivity index (χ4n) is 2.05. The highest BCUT2D eigenvalue weighted by molar-refractivity contribution is 5.25. The molecule has 0 bridgehead atoms. The second-order valence-electron chi connectivity index (χ2n) is 3.88. The Morgan fingerprint density at radius 3 is 2.60 bits per heavy atom. The van der Waals surface area contributed by atoms with Gasteiger partial charge in [0.1, 0.15) is 0 Å². The van der Waals surface area contributed by atoms with Crippen LogP contribution in [-0.4, -0.2) is 24.3 Å². The largest absolute Gasteiger partial charge is 0.280 e. The van der Waals surface area contributed by atoms with E-state index in [9.17, 15) is 0 Å². The van der Waals surface area contributed by atoms with Crippen LogP contribution in [0, 0.1) is 11.3 Å². The molecular formula is C12H14N2O. The first kappa shape index (κ1) is 10.2. The molecule has 1 aliphatic heterocycles. The van der Waals surface area contributed by atoms with Crippen molar-refractivity contribution in [3.63, 3.8) is 0 Å². The van der Waals surface area contributed by atoms with E-state index in [1.165, 1.54) is 5.56 Å². The third-order valence-electron chi connectivity index (χ3n) is 3.01. The van der Waals surface area contributed by atoms with E-state index in [1.807, 2.05) is 37.4 Å². The highest BCUT2D eigenvalue weighted by Crippen LogP contribution is 2.34. The maximum atomic E-state index is 9.03. The summed E-state index contributed by atoms with van der Waals surface area (Å²) in [6, 6.07) is 12.5. The van der Waals surface area contributed by atoms with E-state index in [0.717, 1.165) is 0 Å². The molecule has 1 heterocycles. The summed E-state index contributed by atoms with van der Waals surface area (Å²) in [5.74, 6) is 0.140. The van der Waals surface area contributed by atoms with Gasteiger partial charge in [-0.1, -0.05) is 30.3 Å². The van der Waals surface area contributed by atoms with Crippen LogP contribution in [0.4, 0.5) is 0 Å². The number of nitrogens with zero attached hydrogens (tertiary/aromatic N) is 2. The second-order valence-corrected chi connectivity index (χ2v) is 3.88. The predicted octanol–water partition coefficient (Wildman–Crippen LogP) is 1.93. The van der Waals surface area contributed by atoms with Gasteiger partial charge in [0.2, 0.25) is 0 Å². The van der Waals surface area contributed by atoms with Crippen LogP contribution in [0.15, 0.2) is 30.3 Å². The van der Waals surface area contributed by atoms with E-state index in [2.05, 4.69) is 13.0 Å². The summed E-state index contributed by atoms with van der Waals surface area (Å²) in [5.41, 5.74) is 1.17. The normalized spacial score (nSPS) is 31.4. The molecule has 0 unspecified atom stereocenters. The number of nitriles is 1. The molecule has 15 heavy (non-hydrogen) atoms. The Labute approximate surface area is 89.8 Å². The summed E-state index contributed by atoms with van der Waals surface area (Å²) in [4.78, 5) is 5.46. The minimum absolute atomic E-state index is 0.140. The minimum Gasteiger partial charge on any atom is -0.280 e. The quantitative estimate of drug-likeness (QED) is 0.698. The lowest BCUT2D eigenvalue weighted by molar-refractivity contribution is -0.125. The minimum atomic E-state index is -0.368. The number of likely N-dealkylation sites (N-methyl/N-ethyl adjacent to an activating group) is 1. The average Bonchev–Trinajstić information content (AvgIpc) is 2.56. The Bertz CT molecular complexity index is 371. The third-order valence-corrected chi connectivity index (χ3v) is 3.01. The van der Waals surface area contributed by atoms with Crippen molar-refractivity contribution in [1.29, 1.82) is 5.26 Å². The highest BCUT2D eigenvalue weighted by atomic mass is 16.7. The van der Waals surface area contributed by atoms with Gasteiger partial charge in [-0.05, 0) is 12.5 Å². The summed E-state index contributed by atoms with van der Waals surface area (Å²) in [7, 11) is 1.87. The van der Waals surface area contributed by atoms with Crippen molar-refractivity contribution in [1.82, 2.24) is 5.06 Å². The van der Waals surface area contributed by atoms with Gasteiger partial charge in [0.05, 0.1) is 6.07 Å². The number of rotatable bonds is 1. The molecule has 1 aromatic carbocycles. The summed E-state index contributed by atoms with van der Waals surface area (Å²) in [6.45, 7) is 2.08. The lowest BCUT2D eigenvalue weighted by Crippen LogP contribution is -2.24. The maximum absolute atomic E-state index is 9.03. The molecule has 1 fully saturated rings. The van der Waals surface area contributed by atoms with Crippen LogP contribution in [0.2, 0.25) is 0 Å². The summed E-state index contributed by atoms with van der Waals surface area (Å²) >= 11 is 0. The van der Waals surface area contributed by atoms with E-state index in [1.54, 1.807) is 5.06 Å². The molecule has 3 heteroatoms. The topological polar surface area (TPSA) is 36.3 Å². The Morgan fingerprint density at radius 1 is 1.33 bits per heavy atom. The van der Waals surface area contributed by atoms with E-state index in [-0.39, 0.29) is 18.1 Å². The van der Waals surface area contributed by atoms with E-state index >= 15 is 0 Å². The predicted molar refractivity (Wildman–Crippen MR) is 56.9 cm³/mol. The van der Waals surface area contributed by atoms with Crippen molar-refractivity contribution in [2.24, 2.45) is 0 Å². The van der Waals surface area contributed by atoms with Gasteiger partial charge in [0.25, 0.3) is 0 Å². The second kappa shape index (κ2) is 4.01. The van der Waals surface area contributed by atoms with Gasteiger partial charge in [-0.2, -0.15) is 10.3 Å². The molecule has 1 aromatic rings. The summed E-state index contributed by atoms with van der Waals surface area (Å²) in [5, 5.41) is 10.8. The van der Waals surface area contributed by atoms with Gasteiger partial charge in [-0.3, -0.25) is 4.84 Å². The average molecular weight is 202 g/mol. The number of benzene rings is 1. The molecular weight excluding hydrogens is 188 g/mol. The molecule has 2 rings (SSSR count).